The van der Waals surface area contributed by atoms with E-state index < -0.39 is 15.8 Å². The minimum absolute atomic E-state index is 0.0975. The summed E-state index contributed by atoms with van der Waals surface area (Å²) in [4.78, 5) is 3.94. The van der Waals surface area contributed by atoms with Crippen LogP contribution in [0.5, 0.6) is 0 Å². The average molecular weight is 311 g/mol. The second kappa shape index (κ2) is 4.57. The smallest absolute Gasteiger partial charge is 0.234 e. The van der Waals surface area contributed by atoms with Crippen molar-refractivity contribution in [2.75, 3.05) is 0 Å². The van der Waals surface area contributed by atoms with Gasteiger partial charge < -0.3 is 0 Å². The van der Waals surface area contributed by atoms with Gasteiger partial charge in [0.05, 0.1) is 16.1 Å². The average Bonchev–Trinajstić information content (AvgIpc) is 2.89. The standard InChI is InChI=1S/C13H8ClFN2O2S/c14-12-10-6-7-17(13(10)16-8-11(12)15)20(18,19)9-4-2-1-3-5-9/h1-8H. The third-order valence-electron chi connectivity index (χ3n) is 2.87. The highest BCUT2D eigenvalue weighted by atomic mass is 35.5. The SMILES string of the molecule is O=S(=O)(c1ccccc1)n1ccc2c(Cl)c(F)cnc21. The predicted molar refractivity (Wildman–Crippen MR) is 73.7 cm³/mol. The van der Waals surface area contributed by atoms with E-state index in [0.29, 0.717) is 0 Å². The van der Waals surface area contributed by atoms with Crippen LogP contribution in [0.15, 0.2) is 53.7 Å². The summed E-state index contributed by atoms with van der Waals surface area (Å²) in [5, 5.41) is 0.114. The number of aromatic nitrogens is 2. The number of halogens is 2. The van der Waals surface area contributed by atoms with Gasteiger partial charge >= 0.3 is 0 Å². The van der Waals surface area contributed by atoms with E-state index in [-0.39, 0.29) is 21.0 Å². The summed E-state index contributed by atoms with van der Waals surface area (Å²) >= 11 is 5.81. The van der Waals surface area contributed by atoms with Gasteiger partial charge in [-0.2, -0.15) is 0 Å². The molecule has 20 heavy (non-hydrogen) atoms. The van der Waals surface area contributed by atoms with E-state index in [4.69, 9.17) is 11.6 Å². The highest BCUT2D eigenvalue weighted by Gasteiger charge is 2.21. The van der Waals surface area contributed by atoms with E-state index in [2.05, 4.69) is 4.98 Å². The highest BCUT2D eigenvalue weighted by Crippen LogP contribution is 2.27. The molecule has 0 atom stereocenters. The number of benzene rings is 1. The lowest BCUT2D eigenvalue weighted by molar-refractivity contribution is 0.588. The van der Waals surface area contributed by atoms with Crippen LogP contribution in [0.4, 0.5) is 4.39 Å². The summed E-state index contributed by atoms with van der Waals surface area (Å²) in [6.07, 6.45) is 2.22. The van der Waals surface area contributed by atoms with Gasteiger partial charge in [0, 0.05) is 11.6 Å². The quantitative estimate of drug-likeness (QED) is 0.731. The Kier molecular flexibility index (Phi) is 2.99. The summed E-state index contributed by atoms with van der Waals surface area (Å²) in [6, 6.07) is 9.35. The molecule has 0 radical (unpaired) electrons. The molecule has 1 aromatic carbocycles. The van der Waals surface area contributed by atoms with Crippen LogP contribution in [-0.2, 0) is 10.0 Å². The molecule has 0 aliphatic rings. The van der Waals surface area contributed by atoms with Gasteiger partial charge in [0.25, 0.3) is 10.0 Å². The number of rotatable bonds is 2. The minimum atomic E-state index is -3.78. The van der Waals surface area contributed by atoms with Crippen LogP contribution in [-0.4, -0.2) is 17.4 Å². The van der Waals surface area contributed by atoms with Crippen LogP contribution in [0.25, 0.3) is 11.0 Å². The summed E-state index contributed by atoms with van der Waals surface area (Å²) in [7, 11) is -3.78. The third kappa shape index (κ3) is 1.88. The first-order valence-corrected chi connectivity index (χ1v) is 7.45. The second-order valence-corrected chi connectivity index (χ2v) is 6.28. The summed E-state index contributed by atoms with van der Waals surface area (Å²) in [5.74, 6) is -0.686. The molecule has 0 saturated carbocycles. The van der Waals surface area contributed by atoms with E-state index >= 15 is 0 Å². The summed E-state index contributed by atoms with van der Waals surface area (Å²) in [5.41, 5.74) is 0.0975. The number of nitrogens with zero attached hydrogens (tertiary/aromatic N) is 2. The number of hydrogen-bond donors (Lipinski definition) is 0. The molecule has 0 fully saturated rings. The second-order valence-electron chi connectivity index (χ2n) is 4.09. The predicted octanol–water partition coefficient (Wildman–Crippen LogP) is 3.07. The van der Waals surface area contributed by atoms with Crippen LogP contribution in [0.2, 0.25) is 5.02 Å². The van der Waals surface area contributed by atoms with Crippen LogP contribution < -0.4 is 0 Å². The minimum Gasteiger partial charge on any atom is -0.234 e. The van der Waals surface area contributed by atoms with Gasteiger partial charge in [0.15, 0.2) is 11.5 Å². The zero-order valence-corrected chi connectivity index (χ0v) is 11.6. The van der Waals surface area contributed by atoms with E-state index in [1.54, 1.807) is 18.2 Å². The van der Waals surface area contributed by atoms with Crippen molar-refractivity contribution >= 4 is 32.7 Å². The van der Waals surface area contributed by atoms with Crippen molar-refractivity contribution in [3.63, 3.8) is 0 Å². The Morgan fingerprint density at radius 2 is 1.85 bits per heavy atom. The highest BCUT2D eigenvalue weighted by molar-refractivity contribution is 7.90. The first kappa shape index (κ1) is 13.1. The van der Waals surface area contributed by atoms with Crippen LogP contribution in [0.3, 0.4) is 0 Å². The first-order chi connectivity index (χ1) is 9.51. The van der Waals surface area contributed by atoms with Crippen LogP contribution in [0.1, 0.15) is 0 Å². The Balaban J connectivity index is 2.29. The maximum atomic E-state index is 13.3. The molecule has 0 aliphatic carbocycles. The van der Waals surface area contributed by atoms with Gasteiger partial charge in [0.1, 0.15) is 0 Å². The van der Waals surface area contributed by atoms with Gasteiger partial charge in [-0.25, -0.2) is 21.8 Å². The summed E-state index contributed by atoms with van der Waals surface area (Å²) in [6.45, 7) is 0. The van der Waals surface area contributed by atoms with Gasteiger partial charge in [0.2, 0.25) is 0 Å². The topological polar surface area (TPSA) is 52.0 Å². The molecule has 3 rings (SSSR count). The Labute approximate surface area is 119 Å². The molecule has 102 valence electrons. The molecule has 0 spiro atoms. The van der Waals surface area contributed by atoms with Gasteiger partial charge in [-0.05, 0) is 18.2 Å². The van der Waals surface area contributed by atoms with E-state index in [0.717, 1.165) is 10.2 Å². The number of fused-ring (bicyclic) bond motifs is 1. The normalized spacial score (nSPS) is 11.9. The van der Waals surface area contributed by atoms with Gasteiger partial charge in [-0.15, -0.1) is 0 Å². The number of hydrogen-bond acceptors (Lipinski definition) is 3. The maximum absolute atomic E-state index is 13.3. The maximum Gasteiger partial charge on any atom is 0.269 e. The monoisotopic (exact) mass is 310 g/mol. The van der Waals surface area contributed by atoms with Crippen molar-refractivity contribution in [2.24, 2.45) is 0 Å². The Bertz CT molecular complexity index is 891. The molecule has 0 unspecified atom stereocenters. The lowest BCUT2D eigenvalue weighted by Gasteiger charge is -2.06. The summed E-state index contributed by atoms with van der Waals surface area (Å²) < 4.78 is 39.3. The number of pyridine rings is 1. The Hall–Kier alpha value is -1.92. The van der Waals surface area contributed by atoms with Crippen molar-refractivity contribution in [3.8, 4) is 0 Å². The van der Waals surface area contributed by atoms with Gasteiger partial charge in [-0.1, -0.05) is 29.8 Å². The van der Waals surface area contributed by atoms with Crippen molar-refractivity contribution in [1.82, 2.24) is 8.96 Å². The molecule has 4 nitrogen and oxygen atoms in total. The van der Waals surface area contributed by atoms with Crippen molar-refractivity contribution in [3.05, 3.63) is 59.6 Å². The molecular formula is C13H8ClFN2O2S. The largest absolute Gasteiger partial charge is 0.269 e. The lowest BCUT2D eigenvalue weighted by atomic mass is 10.3. The molecule has 2 heterocycles. The molecule has 0 saturated heterocycles. The van der Waals surface area contributed by atoms with E-state index in [9.17, 15) is 12.8 Å². The lowest BCUT2D eigenvalue weighted by Crippen LogP contribution is -2.12. The zero-order valence-electron chi connectivity index (χ0n) is 9.99. The van der Waals surface area contributed by atoms with E-state index in [1.807, 2.05) is 0 Å². The van der Waals surface area contributed by atoms with E-state index in [1.165, 1.54) is 24.4 Å². The van der Waals surface area contributed by atoms with Gasteiger partial charge in [-0.3, -0.25) is 0 Å². The fraction of sp³-hybridized carbons (Fsp3) is 0. The van der Waals surface area contributed by atoms with Crippen LogP contribution >= 0.6 is 11.6 Å². The molecule has 3 aromatic rings. The molecule has 0 bridgehead atoms. The fourth-order valence-electron chi connectivity index (χ4n) is 1.91. The zero-order chi connectivity index (χ0) is 14.3. The Morgan fingerprint density at radius 1 is 1.15 bits per heavy atom. The molecule has 2 aromatic heterocycles. The molecule has 7 heteroatoms. The molecule has 0 N–H and O–H groups in total. The Morgan fingerprint density at radius 3 is 2.55 bits per heavy atom. The molecular weight excluding hydrogens is 303 g/mol. The third-order valence-corrected chi connectivity index (χ3v) is 4.94. The van der Waals surface area contributed by atoms with Crippen molar-refractivity contribution in [1.29, 1.82) is 0 Å². The van der Waals surface area contributed by atoms with Crippen LogP contribution in [0, 0.1) is 5.82 Å². The fourth-order valence-corrected chi connectivity index (χ4v) is 3.43. The molecule has 0 amide bonds. The van der Waals surface area contributed by atoms with Crippen molar-refractivity contribution in [2.45, 2.75) is 4.90 Å². The van der Waals surface area contributed by atoms with Crippen molar-refractivity contribution < 1.29 is 12.8 Å². The molecule has 0 aliphatic heterocycles. The first-order valence-electron chi connectivity index (χ1n) is 5.63.